The van der Waals surface area contributed by atoms with Gasteiger partial charge < -0.3 is 5.32 Å². The fraction of sp³-hybridized carbons (Fsp3) is 0.133. The topological polar surface area (TPSA) is 29.1 Å². The van der Waals surface area contributed by atoms with Crippen molar-refractivity contribution in [3.05, 3.63) is 62.6 Å². The molecule has 2 aromatic rings. The highest BCUT2D eigenvalue weighted by Gasteiger charge is 2.09. The van der Waals surface area contributed by atoms with Crippen LogP contribution in [-0.2, 0) is 0 Å². The zero-order valence-electron chi connectivity index (χ0n) is 10.6. The summed E-state index contributed by atoms with van der Waals surface area (Å²) < 4.78 is 0.858. The lowest BCUT2D eigenvalue weighted by Gasteiger charge is -2.09. The minimum atomic E-state index is -0.147. The molecular formula is C15H13BrClNO. The van der Waals surface area contributed by atoms with Gasteiger partial charge in [-0.1, -0.05) is 17.7 Å². The molecule has 1 N–H and O–H groups in total. The second-order valence-corrected chi connectivity index (χ2v) is 5.66. The Morgan fingerprint density at radius 2 is 1.89 bits per heavy atom. The van der Waals surface area contributed by atoms with Crippen LogP contribution < -0.4 is 5.32 Å². The van der Waals surface area contributed by atoms with Gasteiger partial charge in [0.05, 0.1) is 5.69 Å². The SMILES string of the molecule is Cc1ccc(Br)c(NC(=O)c2ccc(Cl)c(C)c2)c1. The van der Waals surface area contributed by atoms with Crippen LogP contribution in [0, 0.1) is 13.8 Å². The van der Waals surface area contributed by atoms with Crippen LogP contribution >= 0.6 is 27.5 Å². The molecule has 0 saturated heterocycles. The Labute approximate surface area is 125 Å². The van der Waals surface area contributed by atoms with Gasteiger partial charge in [0.25, 0.3) is 5.91 Å². The molecular weight excluding hydrogens is 326 g/mol. The van der Waals surface area contributed by atoms with Crippen molar-refractivity contribution in [2.75, 3.05) is 5.32 Å². The maximum atomic E-state index is 12.2. The first-order valence-corrected chi connectivity index (χ1v) is 6.98. The van der Waals surface area contributed by atoms with E-state index in [2.05, 4.69) is 21.2 Å². The molecule has 0 saturated carbocycles. The Hall–Kier alpha value is -1.32. The highest BCUT2D eigenvalue weighted by molar-refractivity contribution is 9.10. The lowest BCUT2D eigenvalue weighted by atomic mass is 10.1. The van der Waals surface area contributed by atoms with Crippen LogP contribution in [0.1, 0.15) is 21.5 Å². The quantitative estimate of drug-likeness (QED) is 0.823. The molecule has 19 heavy (non-hydrogen) atoms. The van der Waals surface area contributed by atoms with Crippen molar-refractivity contribution in [1.29, 1.82) is 0 Å². The molecule has 0 radical (unpaired) electrons. The first-order valence-electron chi connectivity index (χ1n) is 5.81. The van der Waals surface area contributed by atoms with Crippen LogP contribution in [0.4, 0.5) is 5.69 Å². The summed E-state index contributed by atoms with van der Waals surface area (Å²) in [5, 5.41) is 3.55. The summed E-state index contributed by atoms with van der Waals surface area (Å²) in [6, 6.07) is 11.0. The first kappa shape index (κ1) is 14.1. The number of benzene rings is 2. The predicted molar refractivity (Wildman–Crippen MR) is 83.0 cm³/mol. The second kappa shape index (κ2) is 5.76. The van der Waals surface area contributed by atoms with E-state index in [1.165, 1.54) is 0 Å². The molecule has 0 fully saturated rings. The normalized spacial score (nSPS) is 10.3. The minimum absolute atomic E-state index is 0.147. The average molecular weight is 339 g/mol. The van der Waals surface area contributed by atoms with Crippen LogP contribution in [0.3, 0.4) is 0 Å². The summed E-state index contributed by atoms with van der Waals surface area (Å²) in [6.07, 6.45) is 0. The molecule has 98 valence electrons. The number of carbonyl (C=O) groups is 1. The Morgan fingerprint density at radius 3 is 2.58 bits per heavy atom. The van der Waals surface area contributed by atoms with E-state index in [0.717, 1.165) is 21.3 Å². The molecule has 0 heterocycles. The van der Waals surface area contributed by atoms with Crippen LogP contribution in [0.25, 0.3) is 0 Å². The van der Waals surface area contributed by atoms with Crippen molar-refractivity contribution in [3.8, 4) is 0 Å². The van der Waals surface area contributed by atoms with Gasteiger partial charge >= 0.3 is 0 Å². The average Bonchev–Trinajstić information content (AvgIpc) is 2.37. The van der Waals surface area contributed by atoms with E-state index >= 15 is 0 Å². The maximum absolute atomic E-state index is 12.2. The number of carbonyl (C=O) groups excluding carboxylic acids is 1. The standard InChI is InChI=1S/C15H13BrClNO/c1-9-3-5-12(16)14(7-9)18-15(19)11-4-6-13(17)10(2)8-11/h3-8H,1-2H3,(H,18,19). The number of anilines is 1. The number of nitrogens with one attached hydrogen (secondary N) is 1. The summed E-state index contributed by atoms with van der Waals surface area (Å²) in [5.74, 6) is -0.147. The van der Waals surface area contributed by atoms with Crippen molar-refractivity contribution in [2.45, 2.75) is 13.8 Å². The number of hydrogen-bond acceptors (Lipinski definition) is 1. The van der Waals surface area contributed by atoms with Crippen molar-refractivity contribution in [2.24, 2.45) is 0 Å². The van der Waals surface area contributed by atoms with E-state index in [1.54, 1.807) is 18.2 Å². The van der Waals surface area contributed by atoms with Gasteiger partial charge in [-0.05, 0) is 71.2 Å². The lowest BCUT2D eigenvalue weighted by molar-refractivity contribution is 0.102. The number of amides is 1. The molecule has 0 spiro atoms. The lowest BCUT2D eigenvalue weighted by Crippen LogP contribution is -2.12. The molecule has 0 atom stereocenters. The molecule has 2 rings (SSSR count). The van der Waals surface area contributed by atoms with Gasteiger partial charge in [0, 0.05) is 15.1 Å². The summed E-state index contributed by atoms with van der Waals surface area (Å²) >= 11 is 9.37. The molecule has 0 aliphatic rings. The van der Waals surface area contributed by atoms with E-state index in [0.29, 0.717) is 10.6 Å². The van der Waals surface area contributed by atoms with Crippen molar-refractivity contribution in [3.63, 3.8) is 0 Å². The molecule has 2 nitrogen and oxygen atoms in total. The zero-order valence-corrected chi connectivity index (χ0v) is 13.0. The molecule has 1 amide bonds. The van der Waals surface area contributed by atoms with Gasteiger partial charge in [-0.25, -0.2) is 0 Å². The third-order valence-electron chi connectivity index (χ3n) is 2.79. The third kappa shape index (κ3) is 3.37. The highest BCUT2D eigenvalue weighted by Crippen LogP contribution is 2.24. The van der Waals surface area contributed by atoms with Crippen LogP contribution in [0.2, 0.25) is 5.02 Å². The van der Waals surface area contributed by atoms with Crippen LogP contribution in [0.5, 0.6) is 0 Å². The van der Waals surface area contributed by atoms with E-state index in [4.69, 9.17) is 11.6 Å². The monoisotopic (exact) mass is 337 g/mol. The van der Waals surface area contributed by atoms with Gasteiger partial charge in [-0.15, -0.1) is 0 Å². The second-order valence-electron chi connectivity index (χ2n) is 4.40. The summed E-state index contributed by atoms with van der Waals surface area (Å²) in [5.41, 5.74) is 3.33. The van der Waals surface area contributed by atoms with Gasteiger partial charge in [0.15, 0.2) is 0 Å². The summed E-state index contributed by atoms with van der Waals surface area (Å²) in [4.78, 5) is 12.2. The van der Waals surface area contributed by atoms with Gasteiger partial charge in [-0.3, -0.25) is 4.79 Å². The fourth-order valence-corrected chi connectivity index (χ4v) is 2.18. The number of hydrogen-bond donors (Lipinski definition) is 1. The number of halogens is 2. The van der Waals surface area contributed by atoms with E-state index < -0.39 is 0 Å². The summed E-state index contributed by atoms with van der Waals surface area (Å²) in [7, 11) is 0. The highest BCUT2D eigenvalue weighted by atomic mass is 79.9. The number of rotatable bonds is 2. The Bertz CT molecular complexity index is 640. The van der Waals surface area contributed by atoms with Gasteiger partial charge in [-0.2, -0.15) is 0 Å². The maximum Gasteiger partial charge on any atom is 0.255 e. The molecule has 2 aromatic carbocycles. The Balaban J connectivity index is 2.25. The van der Waals surface area contributed by atoms with E-state index in [-0.39, 0.29) is 5.91 Å². The smallest absolute Gasteiger partial charge is 0.255 e. The Kier molecular flexibility index (Phi) is 4.27. The predicted octanol–water partition coefficient (Wildman–Crippen LogP) is 4.97. The fourth-order valence-electron chi connectivity index (χ4n) is 1.72. The molecule has 0 aliphatic heterocycles. The van der Waals surface area contributed by atoms with Gasteiger partial charge in [0.2, 0.25) is 0 Å². The molecule has 4 heteroatoms. The molecule has 0 unspecified atom stereocenters. The van der Waals surface area contributed by atoms with E-state index in [1.807, 2.05) is 32.0 Å². The van der Waals surface area contributed by atoms with Crippen LogP contribution in [-0.4, -0.2) is 5.91 Å². The zero-order chi connectivity index (χ0) is 14.0. The van der Waals surface area contributed by atoms with Crippen molar-refractivity contribution in [1.82, 2.24) is 0 Å². The summed E-state index contributed by atoms with van der Waals surface area (Å²) in [6.45, 7) is 3.86. The molecule has 0 aromatic heterocycles. The van der Waals surface area contributed by atoms with E-state index in [9.17, 15) is 4.79 Å². The minimum Gasteiger partial charge on any atom is -0.321 e. The van der Waals surface area contributed by atoms with Gasteiger partial charge in [0.1, 0.15) is 0 Å². The third-order valence-corrected chi connectivity index (χ3v) is 3.91. The first-order chi connectivity index (χ1) is 8.97. The van der Waals surface area contributed by atoms with Crippen LogP contribution in [0.15, 0.2) is 40.9 Å². The largest absolute Gasteiger partial charge is 0.321 e. The molecule has 0 aliphatic carbocycles. The Morgan fingerprint density at radius 1 is 1.16 bits per heavy atom. The number of aryl methyl sites for hydroxylation is 2. The van der Waals surface area contributed by atoms with Crippen molar-refractivity contribution < 1.29 is 4.79 Å². The molecule has 0 bridgehead atoms. The van der Waals surface area contributed by atoms with Crippen molar-refractivity contribution >= 4 is 39.1 Å².